The predicted molar refractivity (Wildman–Crippen MR) is 52.2 cm³/mol. The number of hydrogen-bond acceptors (Lipinski definition) is 1. The van der Waals surface area contributed by atoms with E-state index in [0.717, 1.165) is 18.4 Å². The monoisotopic (exact) mass is 170 g/mol. The van der Waals surface area contributed by atoms with Gasteiger partial charge in [0.25, 0.3) is 0 Å². The first-order valence-corrected chi connectivity index (χ1v) is 5.31. The lowest BCUT2D eigenvalue weighted by Gasteiger charge is -2.29. The van der Waals surface area contributed by atoms with Crippen molar-refractivity contribution in [3.05, 3.63) is 0 Å². The number of rotatable bonds is 3. The van der Waals surface area contributed by atoms with E-state index in [-0.39, 0.29) is 0 Å². The van der Waals surface area contributed by atoms with E-state index in [9.17, 15) is 0 Å². The molecule has 0 aromatic rings. The maximum absolute atomic E-state index is 5.65. The van der Waals surface area contributed by atoms with E-state index in [1.54, 1.807) is 0 Å². The van der Waals surface area contributed by atoms with Gasteiger partial charge in [-0.3, -0.25) is 0 Å². The van der Waals surface area contributed by atoms with E-state index in [1.165, 1.54) is 25.7 Å². The van der Waals surface area contributed by atoms with Crippen molar-refractivity contribution >= 4 is 0 Å². The Morgan fingerprint density at radius 1 is 1.25 bits per heavy atom. The van der Waals surface area contributed by atoms with Crippen molar-refractivity contribution in [2.45, 2.75) is 52.6 Å². The fourth-order valence-electron chi connectivity index (χ4n) is 1.96. The van der Waals surface area contributed by atoms with Crippen LogP contribution >= 0.6 is 0 Å². The van der Waals surface area contributed by atoms with Crippen molar-refractivity contribution in [2.75, 3.05) is 6.61 Å². The summed E-state index contributed by atoms with van der Waals surface area (Å²) in [5.74, 6) is 1.72. The molecule has 1 saturated carbocycles. The molecule has 0 bridgehead atoms. The molecule has 1 heteroatoms. The molecule has 0 radical (unpaired) electrons. The van der Waals surface area contributed by atoms with Crippen molar-refractivity contribution in [1.29, 1.82) is 0 Å². The Morgan fingerprint density at radius 2 is 1.92 bits per heavy atom. The summed E-state index contributed by atoms with van der Waals surface area (Å²) < 4.78 is 5.65. The second kappa shape index (κ2) is 4.86. The van der Waals surface area contributed by atoms with Crippen molar-refractivity contribution in [3.63, 3.8) is 0 Å². The molecule has 1 rings (SSSR count). The molecule has 0 aromatic carbocycles. The zero-order chi connectivity index (χ0) is 8.97. The first kappa shape index (κ1) is 10.0. The molecule has 72 valence electrons. The van der Waals surface area contributed by atoms with Gasteiger partial charge in [0.05, 0.1) is 6.10 Å². The van der Waals surface area contributed by atoms with Crippen LogP contribution in [-0.2, 0) is 4.74 Å². The first-order chi connectivity index (χ1) is 5.70. The molecule has 2 atom stereocenters. The van der Waals surface area contributed by atoms with E-state index in [4.69, 9.17) is 4.74 Å². The zero-order valence-corrected chi connectivity index (χ0v) is 8.68. The zero-order valence-electron chi connectivity index (χ0n) is 8.68. The summed E-state index contributed by atoms with van der Waals surface area (Å²) in [5.41, 5.74) is 0. The van der Waals surface area contributed by atoms with Gasteiger partial charge in [-0.25, -0.2) is 0 Å². The van der Waals surface area contributed by atoms with Crippen LogP contribution in [0.3, 0.4) is 0 Å². The maximum Gasteiger partial charge on any atom is 0.0519 e. The number of hydrogen-bond donors (Lipinski definition) is 0. The van der Waals surface area contributed by atoms with E-state index in [0.29, 0.717) is 6.10 Å². The minimum atomic E-state index is 0.402. The second-order valence-electron chi connectivity index (χ2n) is 4.40. The summed E-state index contributed by atoms with van der Waals surface area (Å²) >= 11 is 0. The molecule has 1 aliphatic carbocycles. The lowest BCUT2D eigenvalue weighted by atomic mass is 9.81. The topological polar surface area (TPSA) is 9.23 Å². The average Bonchev–Trinajstić information content (AvgIpc) is 2.03. The Kier molecular flexibility index (Phi) is 4.07. The molecule has 0 N–H and O–H groups in total. The summed E-state index contributed by atoms with van der Waals surface area (Å²) in [6, 6.07) is 0. The highest BCUT2D eigenvalue weighted by Gasteiger charge is 2.21. The van der Waals surface area contributed by atoms with Crippen LogP contribution in [0.25, 0.3) is 0 Å². The van der Waals surface area contributed by atoms with Crippen molar-refractivity contribution in [2.24, 2.45) is 11.8 Å². The largest absolute Gasteiger partial charge is 0.378 e. The van der Waals surface area contributed by atoms with Crippen LogP contribution in [0.4, 0.5) is 0 Å². The van der Waals surface area contributed by atoms with Crippen LogP contribution in [0, 0.1) is 11.8 Å². The van der Waals surface area contributed by atoms with Crippen molar-refractivity contribution < 1.29 is 4.74 Å². The summed E-state index contributed by atoms with van der Waals surface area (Å²) in [6.45, 7) is 7.59. The molecular weight excluding hydrogens is 148 g/mol. The van der Waals surface area contributed by atoms with Gasteiger partial charge in [0, 0.05) is 6.61 Å². The smallest absolute Gasteiger partial charge is 0.0519 e. The highest BCUT2D eigenvalue weighted by Crippen LogP contribution is 2.29. The third kappa shape index (κ3) is 3.14. The van der Waals surface area contributed by atoms with Gasteiger partial charge in [0.15, 0.2) is 0 Å². The lowest BCUT2D eigenvalue weighted by Crippen LogP contribution is -2.23. The van der Waals surface area contributed by atoms with Crippen LogP contribution < -0.4 is 0 Å². The van der Waals surface area contributed by atoms with E-state index >= 15 is 0 Å². The van der Waals surface area contributed by atoms with E-state index < -0.39 is 0 Å². The molecule has 0 saturated heterocycles. The van der Waals surface area contributed by atoms with Gasteiger partial charge in [-0.1, -0.05) is 26.2 Å². The molecule has 12 heavy (non-hydrogen) atoms. The first-order valence-electron chi connectivity index (χ1n) is 5.31. The van der Waals surface area contributed by atoms with E-state index in [2.05, 4.69) is 20.8 Å². The summed E-state index contributed by atoms with van der Waals surface area (Å²) in [6.07, 6.45) is 6.04. The Bertz CT molecular complexity index is 120. The molecule has 1 nitrogen and oxygen atoms in total. The maximum atomic E-state index is 5.65. The van der Waals surface area contributed by atoms with Crippen LogP contribution in [0.1, 0.15) is 46.5 Å². The third-order valence-electron chi connectivity index (χ3n) is 2.93. The standard InChI is InChI=1S/C11H22O/c1-9(2)12-8-11-7-5-4-6-10(11)3/h9-11H,4-8H2,1-3H3/t10-,11-/m1/s1. The highest BCUT2D eigenvalue weighted by atomic mass is 16.5. The lowest BCUT2D eigenvalue weighted by molar-refractivity contribution is 0.0256. The summed E-state index contributed by atoms with van der Waals surface area (Å²) in [5, 5.41) is 0. The van der Waals surface area contributed by atoms with Crippen LogP contribution in [-0.4, -0.2) is 12.7 Å². The molecule has 0 unspecified atom stereocenters. The van der Waals surface area contributed by atoms with Crippen LogP contribution in [0.5, 0.6) is 0 Å². The van der Waals surface area contributed by atoms with Gasteiger partial charge in [-0.05, 0) is 32.1 Å². The fourth-order valence-corrected chi connectivity index (χ4v) is 1.96. The quantitative estimate of drug-likeness (QED) is 0.632. The van der Waals surface area contributed by atoms with Crippen LogP contribution in [0.2, 0.25) is 0 Å². The Labute approximate surface area is 76.5 Å². The Balaban J connectivity index is 2.20. The van der Waals surface area contributed by atoms with Gasteiger partial charge >= 0.3 is 0 Å². The molecule has 1 aliphatic rings. The van der Waals surface area contributed by atoms with Gasteiger partial charge < -0.3 is 4.74 Å². The Hall–Kier alpha value is -0.0400. The predicted octanol–water partition coefficient (Wildman–Crippen LogP) is 3.24. The van der Waals surface area contributed by atoms with E-state index in [1.807, 2.05) is 0 Å². The Morgan fingerprint density at radius 3 is 2.50 bits per heavy atom. The summed E-state index contributed by atoms with van der Waals surface area (Å²) in [4.78, 5) is 0. The van der Waals surface area contributed by atoms with Crippen molar-refractivity contribution in [1.82, 2.24) is 0 Å². The minimum Gasteiger partial charge on any atom is -0.378 e. The number of ether oxygens (including phenoxy) is 1. The third-order valence-corrected chi connectivity index (χ3v) is 2.93. The van der Waals surface area contributed by atoms with Gasteiger partial charge in [-0.15, -0.1) is 0 Å². The molecule has 0 heterocycles. The molecule has 0 amide bonds. The SMILES string of the molecule is CC(C)OC[C@H]1CCCC[C@H]1C. The van der Waals surface area contributed by atoms with Gasteiger partial charge in [0.2, 0.25) is 0 Å². The van der Waals surface area contributed by atoms with Crippen molar-refractivity contribution in [3.8, 4) is 0 Å². The van der Waals surface area contributed by atoms with Gasteiger partial charge in [0.1, 0.15) is 0 Å². The molecule has 0 spiro atoms. The highest BCUT2D eigenvalue weighted by molar-refractivity contribution is 4.71. The molecule has 0 aromatic heterocycles. The minimum absolute atomic E-state index is 0.402. The normalized spacial score (nSPS) is 31.0. The summed E-state index contributed by atoms with van der Waals surface area (Å²) in [7, 11) is 0. The fraction of sp³-hybridized carbons (Fsp3) is 1.00. The van der Waals surface area contributed by atoms with Gasteiger partial charge in [-0.2, -0.15) is 0 Å². The molecule has 1 fully saturated rings. The second-order valence-corrected chi connectivity index (χ2v) is 4.40. The van der Waals surface area contributed by atoms with Crippen LogP contribution in [0.15, 0.2) is 0 Å². The molecular formula is C11H22O. The molecule has 0 aliphatic heterocycles. The average molecular weight is 170 g/mol.